The van der Waals surface area contributed by atoms with Crippen LogP contribution in [-0.2, 0) is 4.79 Å². The molecule has 2 aliphatic rings. The van der Waals surface area contributed by atoms with Crippen LogP contribution in [0, 0.1) is 0 Å². The zero-order chi connectivity index (χ0) is 11.0. The zero-order valence-electron chi connectivity index (χ0n) is 9.02. The van der Waals surface area contributed by atoms with Crippen LogP contribution in [0.2, 0.25) is 0 Å². The van der Waals surface area contributed by atoms with Crippen molar-refractivity contribution >= 4 is 11.7 Å². The monoisotopic (exact) mass is 218 g/mol. The molecule has 1 aromatic rings. The predicted molar refractivity (Wildman–Crippen MR) is 59.2 cm³/mol. The number of amides is 1. The molecule has 0 spiro atoms. The molecule has 0 radical (unpaired) electrons. The van der Waals surface area contributed by atoms with Crippen molar-refractivity contribution < 1.29 is 4.79 Å². The number of rotatable bonds is 2. The van der Waals surface area contributed by atoms with Crippen LogP contribution in [0.25, 0.3) is 0 Å². The van der Waals surface area contributed by atoms with Crippen LogP contribution < -0.4 is 10.2 Å². The van der Waals surface area contributed by atoms with Crippen molar-refractivity contribution in [2.75, 3.05) is 24.5 Å². The molecule has 1 aliphatic heterocycles. The number of hydrogen-bond donors (Lipinski definition) is 1. The molecule has 3 rings (SSSR count). The van der Waals surface area contributed by atoms with Crippen LogP contribution in [0.1, 0.15) is 24.6 Å². The molecule has 16 heavy (non-hydrogen) atoms. The Morgan fingerprint density at radius 1 is 1.44 bits per heavy atom. The van der Waals surface area contributed by atoms with Crippen LogP contribution in [-0.4, -0.2) is 35.5 Å². The van der Waals surface area contributed by atoms with E-state index in [2.05, 4.69) is 15.3 Å². The SMILES string of the molecule is O=C1CN(c2ccnc(C3CC3)n2)CCN1. The third-order valence-electron chi connectivity index (χ3n) is 2.96. The lowest BCUT2D eigenvalue weighted by Gasteiger charge is -2.27. The third-order valence-corrected chi connectivity index (χ3v) is 2.96. The van der Waals surface area contributed by atoms with Gasteiger partial charge in [0.2, 0.25) is 5.91 Å². The lowest BCUT2D eigenvalue weighted by Crippen LogP contribution is -2.48. The smallest absolute Gasteiger partial charge is 0.239 e. The summed E-state index contributed by atoms with van der Waals surface area (Å²) < 4.78 is 0. The van der Waals surface area contributed by atoms with E-state index >= 15 is 0 Å². The third kappa shape index (κ3) is 1.85. The van der Waals surface area contributed by atoms with E-state index in [1.165, 1.54) is 12.8 Å². The Bertz CT molecular complexity index is 416. The number of piperazine rings is 1. The molecule has 1 saturated carbocycles. The maximum absolute atomic E-state index is 11.3. The van der Waals surface area contributed by atoms with E-state index in [0.29, 0.717) is 19.0 Å². The molecule has 1 aliphatic carbocycles. The summed E-state index contributed by atoms with van der Waals surface area (Å²) in [5, 5.41) is 2.81. The second-order valence-corrected chi connectivity index (χ2v) is 4.32. The summed E-state index contributed by atoms with van der Waals surface area (Å²) in [6.07, 6.45) is 4.19. The Morgan fingerprint density at radius 2 is 2.31 bits per heavy atom. The first-order chi connectivity index (χ1) is 7.83. The molecule has 1 aromatic heterocycles. The van der Waals surface area contributed by atoms with Crippen LogP contribution >= 0.6 is 0 Å². The average Bonchev–Trinajstić information content (AvgIpc) is 3.13. The van der Waals surface area contributed by atoms with Crippen molar-refractivity contribution in [3.8, 4) is 0 Å². The van der Waals surface area contributed by atoms with Gasteiger partial charge in [-0.3, -0.25) is 4.79 Å². The minimum absolute atomic E-state index is 0.0674. The zero-order valence-corrected chi connectivity index (χ0v) is 9.02. The van der Waals surface area contributed by atoms with E-state index in [0.717, 1.165) is 18.2 Å². The number of nitrogens with zero attached hydrogens (tertiary/aromatic N) is 3. The number of hydrogen-bond acceptors (Lipinski definition) is 4. The average molecular weight is 218 g/mol. The van der Waals surface area contributed by atoms with Gasteiger partial charge in [0.05, 0.1) is 6.54 Å². The van der Waals surface area contributed by atoms with Gasteiger partial charge in [-0.15, -0.1) is 0 Å². The Morgan fingerprint density at radius 3 is 3.06 bits per heavy atom. The Kier molecular flexibility index (Phi) is 2.23. The van der Waals surface area contributed by atoms with Crippen LogP contribution in [0.15, 0.2) is 12.3 Å². The standard InChI is InChI=1S/C11H14N4O/c16-10-7-15(6-5-12-10)9-3-4-13-11(14-9)8-1-2-8/h3-4,8H,1-2,5-7H2,(H,12,16). The fourth-order valence-corrected chi connectivity index (χ4v) is 1.91. The van der Waals surface area contributed by atoms with Gasteiger partial charge < -0.3 is 10.2 Å². The summed E-state index contributed by atoms with van der Waals surface area (Å²) in [7, 11) is 0. The normalized spacial score (nSPS) is 20.8. The summed E-state index contributed by atoms with van der Waals surface area (Å²) in [5.74, 6) is 2.44. The molecule has 5 nitrogen and oxygen atoms in total. The highest BCUT2D eigenvalue weighted by molar-refractivity contribution is 5.82. The van der Waals surface area contributed by atoms with Crippen molar-refractivity contribution in [2.45, 2.75) is 18.8 Å². The number of nitrogens with one attached hydrogen (secondary N) is 1. The van der Waals surface area contributed by atoms with E-state index in [4.69, 9.17) is 0 Å². The fourth-order valence-electron chi connectivity index (χ4n) is 1.91. The van der Waals surface area contributed by atoms with E-state index in [9.17, 15) is 4.79 Å². The van der Waals surface area contributed by atoms with Crippen molar-refractivity contribution in [1.82, 2.24) is 15.3 Å². The van der Waals surface area contributed by atoms with Gasteiger partial charge in [0.25, 0.3) is 0 Å². The van der Waals surface area contributed by atoms with Crippen molar-refractivity contribution in [3.63, 3.8) is 0 Å². The van der Waals surface area contributed by atoms with E-state index < -0.39 is 0 Å². The summed E-state index contributed by atoms with van der Waals surface area (Å²) in [4.78, 5) is 22.1. The van der Waals surface area contributed by atoms with Crippen LogP contribution in [0.3, 0.4) is 0 Å². The summed E-state index contributed by atoms with van der Waals surface area (Å²) in [6, 6.07) is 1.88. The first-order valence-electron chi connectivity index (χ1n) is 5.67. The number of carbonyl (C=O) groups excluding carboxylic acids is 1. The maximum Gasteiger partial charge on any atom is 0.239 e. The molecule has 0 atom stereocenters. The molecule has 5 heteroatoms. The Balaban J connectivity index is 1.81. The summed E-state index contributed by atoms with van der Waals surface area (Å²) in [6.45, 7) is 1.93. The molecule has 0 bridgehead atoms. The lowest BCUT2D eigenvalue weighted by molar-refractivity contribution is -0.120. The summed E-state index contributed by atoms with van der Waals surface area (Å²) >= 11 is 0. The van der Waals surface area contributed by atoms with Crippen molar-refractivity contribution in [1.29, 1.82) is 0 Å². The van der Waals surface area contributed by atoms with Gasteiger partial charge >= 0.3 is 0 Å². The van der Waals surface area contributed by atoms with Gasteiger partial charge in [-0.25, -0.2) is 9.97 Å². The van der Waals surface area contributed by atoms with Crippen molar-refractivity contribution in [2.24, 2.45) is 0 Å². The van der Waals surface area contributed by atoms with Gasteiger partial charge in [0, 0.05) is 25.2 Å². The fraction of sp³-hybridized carbons (Fsp3) is 0.545. The second kappa shape index (κ2) is 3.73. The number of aromatic nitrogens is 2. The maximum atomic E-state index is 11.3. The Hall–Kier alpha value is -1.65. The topological polar surface area (TPSA) is 58.1 Å². The molecule has 0 aromatic carbocycles. The quantitative estimate of drug-likeness (QED) is 0.775. The summed E-state index contributed by atoms with van der Waals surface area (Å²) in [5.41, 5.74) is 0. The lowest BCUT2D eigenvalue weighted by atomic mass is 10.3. The first-order valence-corrected chi connectivity index (χ1v) is 5.67. The molecular weight excluding hydrogens is 204 g/mol. The predicted octanol–water partition coefficient (Wildman–Crippen LogP) is 0.290. The highest BCUT2D eigenvalue weighted by Crippen LogP contribution is 2.38. The largest absolute Gasteiger partial charge is 0.353 e. The molecule has 2 heterocycles. The molecule has 0 unspecified atom stereocenters. The first kappa shape index (κ1) is 9.57. The minimum atomic E-state index is 0.0674. The second-order valence-electron chi connectivity index (χ2n) is 4.32. The molecule has 1 saturated heterocycles. The van der Waals surface area contributed by atoms with Gasteiger partial charge in [-0.1, -0.05) is 0 Å². The molecular formula is C11H14N4O. The van der Waals surface area contributed by atoms with Crippen molar-refractivity contribution in [3.05, 3.63) is 18.1 Å². The van der Waals surface area contributed by atoms with Gasteiger partial charge in [0.15, 0.2) is 0 Å². The number of anilines is 1. The minimum Gasteiger partial charge on any atom is -0.353 e. The highest BCUT2D eigenvalue weighted by Gasteiger charge is 2.27. The molecule has 1 amide bonds. The van der Waals surface area contributed by atoms with E-state index in [-0.39, 0.29) is 5.91 Å². The van der Waals surface area contributed by atoms with Gasteiger partial charge in [0.1, 0.15) is 11.6 Å². The molecule has 1 N–H and O–H groups in total. The number of carbonyl (C=O) groups is 1. The van der Waals surface area contributed by atoms with E-state index in [1.54, 1.807) is 6.20 Å². The van der Waals surface area contributed by atoms with E-state index in [1.807, 2.05) is 11.0 Å². The Labute approximate surface area is 93.9 Å². The van der Waals surface area contributed by atoms with Crippen LogP contribution in [0.4, 0.5) is 5.82 Å². The van der Waals surface area contributed by atoms with Crippen LogP contribution in [0.5, 0.6) is 0 Å². The van der Waals surface area contributed by atoms with Gasteiger partial charge in [-0.05, 0) is 18.9 Å². The van der Waals surface area contributed by atoms with Gasteiger partial charge in [-0.2, -0.15) is 0 Å². The highest BCUT2D eigenvalue weighted by atomic mass is 16.2. The molecule has 84 valence electrons. The molecule has 2 fully saturated rings.